The molecule has 152 valence electrons. The fraction of sp³-hybridized carbons (Fsp3) is 0.455. The van der Waals surface area contributed by atoms with Crippen molar-refractivity contribution in [3.63, 3.8) is 0 Å². The molecule has 0 unspecified atom stereocenters. The number of aromatic nitrogens is 3. The van der Waals surface area contributed by atoms with Gasteiger partial charge in [0.25, 0.3) is 5.91 Å². The van der Waals surface area contributed by atoms with Crippen LogP contribution < -0.4 is 15.1 Å². The molecule has 0 radical (unpaired) electrons. The molecule has 29 heavy (non-hydrogen) atoms. The van der Waals surface area contributed by atoms with Crippen molar-refractivity contribution in [3.05, 3.63) is 54.0 Å². The molecule has 2 aromatic heterocycles. The number of allylic oxidation sites excluding steroid dienone is 1. The molecule has 1 fully saturated rings. The van der Waals surface area contributed by atoms with Crippen molar-refractivity contribution in [3.8, 4) is 0 Å². The van der Waals surface area contributed by atoms with Crippen molar-refractivity contribution >= 4 is 17.7 Å². The number of carbonyl (C=O) groups excluding carboxylic acids is 1. The van der Waals surface area contributed by atoms with E-state index in [0.717, 1.165) is 38.4 Å². The summed E-state index contributed by atoms with van der Waals surface area (Å²) in [6, 6.07) is 5.97. The number of piperazine rings is 1. The van der Waals surface area contributed by atoms with Crippen LogP contribution in [-0.2, 0) is 0 Å². The molecular weight excluding hydrogens is 364 g/mol. The summed E-state index contributed by atoms with van der Waals surface area (Å²) in [6.45, 7) is 4.08. The Morgan fingerprint density at radius 3 is 2.48 bits per heavy atom. The van der Waals surface area contributed by atoms with Gasteiger partial charge in [-0.2, -0.15) is 0 Å². The van der Waals surface area contributed by atoms with Gasteiger partial charge in [0.2, 0.25) is 5.95 Å². The maximum atomic E-state index is 12.3. The van der Waals surface area contributed by atoms with Crippen LogP contribution in [0, 0.1) is 0 Å². The fourth-order valence-electron chi connectivity index (χ4n) is 3.85. The topological polar surface area (TPSA) is 74.2 Å². The molecule has 0 atom stereocenters. The first kappa shape index (κ1) is 19.4. The number of hydrogen-bond donors (Lipinski definition) is 1. The first-order valence-electron chi connectivity index (χ1n) is 10.5. The van der Waals surface area contributed by atoms with E-state index in [1.807, 2.05) is 24.4 Å². The zero-order chi connectivity index (χ0) is 19.9. The van der Waals surface area contributed by atoms with Crippen LogP contribution in [0.4, 0.5) is 11.8 Å². The zero-order valence-electron chi connectivity index (χ0n) is 16.8. The highest BCUT2D eigenvalue weighted by molar-refractivity contribution is 5.93. The lowest BCUT2D eigenvalue weighted by Crippen LogP contribution is -2.47. The minimum atomic E-state index is -0.104. The Morgan fingerprint density at radius 1 is 1.00 bits per heavy atom. The minimum Gasteiger partial charge on any atom is -0.353 e. The van der Waals surface area contributed by atoms with Gasteiger partial charge in [-0.1, -0.05) is 17.7 Å². The van der Waals surface area contributed by atoms with Crippen molar-refractivity contribution in [2.24, 2.45) is 0 Å². The molecular formula is C22H28N6O. The van der Waals surface area contributed by atoms with Gasteiger partial charge in [0.05, 0.1) is 5.56 Å². The van der Waals surface area contributed by atoms with Gasteiger partial charge < -0.3 is 15.1 Å². The monoisotopic (exact) mass is 392 g/mol. The lowest BCUT2D eigenvalue weighted by Gasteiger charge is -2.35. The van der Waals surface area contributed by atoms with E-state index in [0.29, 0.717) is 18.1 Å². The van der Waals surface area contributed by atoms with Gasteiger partial charge in [-0.3, -0.25) is 4.79 Å². The molecule has 1 aliphatic carbocycles. The second-order valence-corrected chi connectivity index (χ2v) is 7.55. The maximum Gasteiger partial charge on any atom is 0.254 e. The molecule has 0 spiro atoms. The first-order valence-corrected chi connectivity index (χ1v) is 10.5. The Hall–Kier alpha value is -2.96. The first-order chi connectivity index (χ1) is 14.3. The molecule has 1 amide bonds. The van der Waals surface area contributed by atoms with Crippen LogP contribution >= 0.6 is 0 Å². The highest BCUT2D eigenvalue weighted by atomic mass is 16.1. The predicted octanol–water partition coefficient (Wildman–Crippen LogP) is 2.82. The number of hydrogen-bond acceptors (Lipinski definition) is 6. The maximum absolute atomic E-state index is 12.3. The van der Waals surface area contributed by atoms with Crippen LogP contribution in [-0.4, -0.2) is 53.6 Å². The normalized spacial score (nSPS) is 17.0. The van der Waals surface area contributed by atoms with Gasteiger partial charge in [-0.25, -0.2) is 15.0 Å². The lowest BCUT2D eigenvalue weighted by atomic mass is 9.97. The second kappa shape index (κ2) is 9.49. The Morgan fingerprint density at radius 2 is 1.79 bits per heavy atom. The standard InChI is InChI=1S/C22H28N6O/c29-21(24-11-9-18-6-2-1-3-7-18)19-16-25-22(26-17-19)28-14-12-27(13-15-28)20-8-4-5-10-23-20/h4-6,8,10,16-17H,1-3,7,9,11-15H2,(H,24,29). The Balaban J connectivity index is 1.25. The average molecular weight is 393 g/mol. The van der Waals surface area contributed by atoms with Crippen molar-refractivity contribution in [2.75, 3.05) is 42.5 Å². The van der Waals surface area contributed by atoms with E-state index in [9.17, 15) is 4.79 Å². The number of anilines is 2. The number of amides is 1. The second-order valence-electron chi connectivity index (χ2n) is 7.55. The molecule has 0 aromatic carbocycles. The molecule has 1 N–H and O–H groups in total. The summed E-state index contributed by atoms with van der Waals surface area (Å²) in [5.41, 5.74) is 1.98. The molecule has 0 saturated carbocycles. The van der Waals surface area contributed by atoms with Crippen molar-refractivity contribution < 1.29 is 4.79 Å². The average Bonchev–Trinajstić information content (AvgIpc) is 2.80. The number of nitrogens with zero attached hydrogens (tertiary/aromatic N) is 5. The van der Waals surface area contributed by atoms with E-state index in [2.05, 4.69) is 36.1 Å². The van der Waals surface area contributed by atoms with Crippen molar-refractivity contribution in [1.82, 2.24) is 20.3 Å². The number of carbonyl (C=O) groups is 1. The van der Waals surface area contributed by atoms with Crippen LogP contribution in [0.25, 0.3) is 0 Å². The fourth-order valence-corrected chi connectivity index (χ4v) is 3.85. The van der Waals surface area contributed by atoms with Crippen LogP contribution in [0.3, 0.4) is 0 Å². The Kier molecular flexibility index (Phi) is 6.34. The number of pyridine rings is 1. The zero-order valence-corrected chi connectivity index (χ0v) is 16.8. The van der Waals surface area contributed by atoms with E-state index in [4.69, 9.17) is 0 Å². The summed E-state index contributed by atoms with van der Waals surface area (Å²) in [5.74, 6) is 1.58. The highest BCUT2D eigenvalue weighted by Crippen LogP contribution is 2.19. The summed E-state index contributed by atoms with van der Waals surface area (Å²) < 4.78 is 0. The van der Waals surface area contributed by atoms with E-state index in [-0.39, 0.29) is 5.91 Å². The minimum absolute atomic E-state index is 0.104. The van der Waals surface area contributed by atoms with Gasteiger partial charge in [-0.05, 0) is 44.2 Å². The van der Waals surface area contributed by atoms with E-state index in [1.54, 1.807) is 12.4 Å². The summed E-state index contributed by atoms with van der Waals surface area (Å²) in [7, 11) is 0. The van der Waals surface area contributed by atoms with E-state index in [1.165, 1.54) is 31.3 Å². The highest BCUT2D eigenvalue weighted by Gasteiger charge is 2.20. The van der Waals surface area contributed by atoms with Gasteiger partial charge in [0.1, 0.15) is 5.82 Å². The third-order valence-corrected chi connectivity index (χ3v) is 5.55. The molecule has 2 aromatic rings. The third-order valence-electron chi connectivity index (χ3n) is 5.55. The van der Waals surface area contributed by atoms with E-state index < -0.39 is 0 Å². The molecule has 1 aliphatic heterocycles. The summed E-state index contributed by atoms with van der Waals surface area (Å²) in [4.78, 5) is 30.0. The number of nitrogens with one attached hydrogen (secondary N) is 1. The van der Waals surface area contributed by atoms with Crippen molar-refractivity contribution in [1.29, 1.82) is 0 Å². The quantitative estimate of drug-likeness (QED) is 0.762. The summed E-state index contributed by atoms with van der Waals surface area (Å²) in [5, 5.41) is 2.98. The molecule has 4 rings (SSSR count). The van der Waals surface area contributed by atoms with Crippen molar-refractivity contribution in [2.45, 2.75) is 32.1 Å². The molecule has 3 heterocycles. The molecule has 1 saturated heterocycles. The van der Waals surface area contributed by atoms with Gasteiger partial charge in [-0.15, -0.1) is 0 Å². The smallest absolute Gasteiger partial charge is 0.254 e. The third kappa shape index (κ3) is 5.10. The molecule has 7 heteroatoms. The molecule has 2 aliphatic rings. The number of rotatable bonds is 6. The molecule has 0 bridgehead atoms. The van der Waals surface area contributed by atoms with Crippen LogP contribution in [0.1, 0.15) is 42.5 Å². The predicted molar refractivity (Wildman–Crippen MR) is 114 cm³/mol. The van der Waals surface area contributed by atoms with Crippen LogP contribution in [0.15, 0.2) is 48.4 Å². The SMILES string of the molecule is O=C(NCCC1=CCCCC1)c1cnc(N2CCN(c3ccccn3)CC2)nc1. The lowest BCUT2D eigenvalue weighted by molar-refractivity contribution is 0.0953. The Labute approximate surface area is 171 Å². The summed E-state index contributed by atoms with van der Waals surface area (Å²) in [6.07, 6.45) is 13.2. The summed E-state index contributed by atoms with van der Waals surface area (Å²) >= 11 is 0. The van der Waals surface area contributed by atoms with Crippen LogP contribution in [0.5, 0.6) is 0 Å². The van der Waals surface area contributed by atoms with Gasteiger partial charge in [0.15, 0.2) is 0 Å². The van der Waals surface area contributed by atoms with Crippen LogP contribution in [0.2, 0.25) is 0 Å². The van der Waals surface area contributed by atoms with Gasteiger partial charge >= 0.3 is 0 Å². The molecule has 7 nitrogen and oxygen atoms in total. The van der Waals surface area contributed by atoms with Gasteiger partial charge in [0, 0.05) is 51.3 Å². The van der Waals surface area contributed by atoms with E-state index >= 15 is 0 Å². The largest absolute Gasteiger partial charge is 0.353 e. The Bertz CT molecular complexity index is 828.